The van der Waals surface area contributed by atoms with Crippen molar-refractivity contribution in [3.05, 3.63) is 45.2 Å². The molecule has 0 saturated carbocycles. The van der Waals surface area contributed by atoms with Gasteiger partial charge in [0.1, 0.15) is 0 Å². The first kappa shape index (κ1) is 17.2. The van der Waals surface area contributed by atoms with Crippen LogP contribution in [0, 0.1) is 12.8 Å². The van der Waals surface area contributed by atoms with Gasteiger partial charge in [0, 0.05) is 35.2 Å². The smallest absolute Gasteiger partial charge is 0.194 e. The molecule has 0 amide bonds. The lowest BCUT2D eigenvalue weighted by atomic mass is 9.99. The van der Waals surface area contributed by atoms with Crippen LogP contribution in [-0.2, 0) is 13.0 Å². The van der Waals surface area contributed by atoms with Gasteiger partial charge in [-0.25, -0.2) is 0 Å². The molecule has 0 bridgehead atoms. The van der Waals surface area contributed by atoms with E-state index in [0.29, 0.717) is 0 Å². The Morgan fingerprint density at radius 2 is 2.17 bits per heavy atom. The van der Waals surface area contributed by atoms with Crippen molar-refractivity contribution < 1.29 is 0 Å². The Hall–Kier alpha value is -1.61. The largest absolute Gasteiger partial charge is 0.358 e. The fraction of sp³-hybridized carbons (Fsp3) is 0.571. The van der Waals surface area contributed by atoms with Gasteiger partial charge in [0.2, 0.25) is 0 Å². The summed E-state index contributed by atoms with van der Waals surface area (Å²) in [5.74, 6) is 0.735. The zero-order valence-electron chi connectivity index (χ0n) is 15.3. The van der Waals surface area contributed by atoms with Crippen molar-refractivity contribution >= 4 is 10.9 Å². The van der Waals surface area contributed by atoms with Crippen molar-refractivity contribution in [3.8, 4) is 0 Å². The van der Waals surface area contributed by atoms with Crippen LogP contribution in [-0.4, -0.2) is 23.0 Å². The number of aromatic amines is 1. The van der Waals surface area contributed by atoms with Crippen LogP contribution in [0.3, 0.4) is 0 Å². The van der Waals surface area contributed by atoms with Crippen molar-refractivity contribution in [1.29, 1.82) is 0 Å². The Bertz CT molecular complexity index is 762. The maximum absolute atomic E-state index is 13.1. The molecule has 0 unspecified atom stereocenters. The van der Waals surface area contributed by atoms with Gasteiger partial charge in [-0.2, -0.15) is 0 Å². The maximum Gasteiger partial charge on any atom is 0.194 e. The third kappa shape index (κ3) is 3.72. The summed E-state index contributed by atoms with van der Waals surface area (Å²) in [6.45, 7) is 9.54. The van der Waals surface area contributed by atoms with Gasteiger partial charge in [-0.1, -0.05) is 26.3 Å². The molecule has 1 aromatic heterocycles. The van der Waals surface area contributed by atoms with E-state index in [1.54, 1.807) is 0 Å². The third-order valence-corrected chi connectivity index (χ3v) is 5.32. The third-order valence-electron chi connectivity index (χ3n) is 5.32. The topological polar surface area (TPSA) is 36.1 Å². The Kier molecular flexibility index (Phi) is 5.40. The van der Waals surface area contributed by atoms with E-state index in [4.69, 9.17) is 0 Å². The van der Waals surface area contributed by atoms with Crippen LogP contribution < -0.4 is 5.43 Å². The summed E-state index contributed by atoms with van der Waals surface area (Å²) in [6, 6.07) is 6.33. The monoisotopic (exact) mass is 326 g/mol. The molecule has 2 heterocycles. The molecule has 3 nitrogen and oxygen atoms in total. The molecule has 3 heteroatoms. The minimum Gasteiger partial charge on any atom is -0.358 e. The van der Waals surface area contributed by atoms with Gasteiger partial charge < -0.3 is 4.98 Å². The van der Waals surface area contributed by atoms with E-state index in [1.807, 2.05) is 6.92 Å². The van der Waals surface area contributed by atoms with Crippen molar-refractivity contribution in [3.63, 3.8) is 0 Å². The van der Waals surface area contributed by atoms with Gasteiger partial charge in [0.15, 0.2) is 5.43 Å². The highest BCUT2D eigenvalue weighted by atomic mass is 16.1. The molecule has 1 N–H and O–H groups in total. The molecule has 3 rings (SSSR count). The lowest BCUT2D eigenvalue weighted by Gasteiger charge is -2.31. The maximum atomic E-state index is 13.1. The summed E-state index contributed by atoms with van der Waals surface area (Å²) in [4.78, 5) is 19.0. The van der Waals surface area contributed by atoms with Crippen LogP contribution in [0.2, 0.25) is 0 Å². The number of benzene rings is 1. The lowest BCUT2D eigenvalue weighted by Crippen LogP contribution is -2.35. The van der Waals surface area contributed by atoms with E-state index >= 15 is 0 Å². The lowest BCUT2D eigenvalue weighted by molar-refractivity contribution is 0.176. The van der Waals surface area contributed by atoms with Crippen molar-refractivity contribution in [1.82, 2.24) is 9.88 Å². The first-order valence-corrected chi connectivity index (χ1v) is 9.45. The first-order valence-electron chi connectivity index (χ1n) is 9.45. The highest BCUT2D eigenvalue weighted by Crippen LogP contribution is 2.20. The molecule has 0 radical (unpaired) electrons. The normalized spacial score (nSPS) is 19.0. The molecule has 0 spiro atoms. The Balaban J connectivity index is 1.93. The van der Waals surface area contributed by atoms with Gasteiger partial charge in [-0.15, -0.1) is 0 Å². The van der Waals surface area contributed by atoms with Crippen molar-refractivity contribution in [2.45, 2.75) is 59.4 Å². The molecule has 1 aliphatic heterocycles. The SMILES string of the molecule is CCCCc1ccc2[nH]c(C)c(CN3CCC[C@H](C)C3)c(=O)c2c1. The number of piperidine rings is 1. The summed E-state index contributed by atoms with van der Waals surface area (Å²) in [5.41, 5.74) is 4.43. The number of hydrogen-bond acceptors (Lipinski definition) is 2. The molecule has 130 valence electrons. The predicted octanol–water partition coefficient (Wildman–Crippen LogP) is 4.41. The highest BCUT2D eigenvalue weighted by Gasteiger charge is 2.19. The van der Waals surface area contributed by atoms with Crippen LogP contribution >= 0.6 is 0 Å². The first-order chi connectivity index (χ1) is 11.6. The molecule has 1 aromatic carbocycles. The van der Waals surface area contributed by atoms with E-state index in [1.165, 1.54) is 31.2 Å². The molecule has 1 aliphatic rings. The van der Waals surface area contributed by atoms with Crippen LogP contribution in [0.1, 0.15) is 56.4 Å². The number of nitrogens with zero attached hydrogens (tertiary/aromatic N) is 1. The number of unbranched alkanes of at least 4 members (excludes halogenated alkanes) is 1. The summed E-state index contributed by atoms with van der Waals surface area (Å²) < 4.78 is 0. The highest BCUT2D eigenvalue weighted by molar-refractivity contribution is 5.80. The molecule has 2 aromatic rings. The minimum absolute atomic E-state index is 0.220. The van der Waals surface area contributed by atoms with E-state index in [0.717, 1.165) is 54.1 Å². The standard InChI is InChI=1S/C21H30N2O/c1-4-5-8-17-9-10-20-18(12-17)21(24)19(16(3)22-20)14-23-11-6-7-15(2)13-23/h9-10,12,15H,4-8,11,13-14H2,1-3H3,(H,22,24)/t15-/m0/s1. The molecule has 24 heavy (non-hydrogen) atoms. The number of hydrogen-bond donors (Lipinski definition) is 1. The van der Waals surface area contributed by atoms with Crippen molar-refractivity contribution in [2.75, 3.05) is 13.1 Å². The Labute approximate surface area is 145 Å². The summed E-state index contributed by atoms with van der Waals surface area (Å²) in [7, 11) is 0. The van der Waals surface area contributed by atoms with Crippen molar-refractivity contribution in [2.24, 2.45) is 5.92 Å². The molecule has 0 aliphatic carbocycles. The van der Waals surface area contributed by atoms with Crippen LogP contribution in [0.15, 0.2) is 23.0 Å². The molecule has 1 saturated heterocycles. The molecule has 1 atom stereocenters. The summed E-state index contributed by atoms with van der Waals surface area (Å²) in [6.07, 6.45) is 5.96. The number of pyridine rings is 1. The quantitative estimate of drug-likeness (QED) is 0.883. The minimum atomic E-state index is 0.220. The number of fused-ring (bicyclic) bond motifs is 1. The molecular weight excluding hydrogens is 296 g/mol. The Morgan fingerprint density at radius 1 is 1.33 bits per heavy atom. The Morgan fingerprint density at radius 3 is 2.92 bits per heavy atom. The van der Waals surface area contributed by atoms with Crippen LogP contribution in [0.5, 0.6) is 0 Å². The van der Waals surface area contributed by atoms with Gasteiger partial charge in [0.05, 0.1) is 0 Å². The fourth-order valence-corrected chi connectivity index (χ4v) is 3.88. The number of likely N-dealkylation sites (tertiary alicyclic amines) is 1. The summed E-state index contributed by atoms with van der Waals surface area (Å²) in [5, 5.41) is 0.856. The average molecular weight is 326 g/mol. The second kappa shape index (κ2) is 7.52. The van der Waals surface area contributed by atoms with Crippen LogP contribution in [0.25, 0.3) is 10.9 Å². The second-order valence-corrected chi connectivity index (χ2v) is 7.52. The van der Waals surface area contributed by atoms with E-state index in [-0.39, 0.29) is 5.43 Å². The number of H-pyrrole nitrogens is 1. The number of rotatable bonds is 5. The van der Waals surface area contributed by atoms with Gasteiger partial charge in [0.25, 0.3) is 0 Å². The predicted molar refractivity (Wildman–Crippen MR) is 102 cm³/mol. The summed E-state index contributed by atoms with van der Waals surface area (Å²) >= 11 is 0. The van der Waals surface area contributed by atoms with Gasteiger partial charge in [-0.05, 0) is 62.8 Å². The van der Waals surface area contributed by atoms with Crippen LogP contribution in [0.4, 0.5) is 0 Å². The van der Waals surface area contributed by atoms with E-state index in [2.05, 4.69) is 41.9 Å². The number of nitrogens with one attached hydrogen (secondary N) is 1. The van der Waals surface area contributed by atoms with Gasteiger partial charge in [-0.3, -0.25) is 9.69 Å². The zero-order chi connectivity index (χ0) is 17.1. The molecular formula is C21H30N2O. The average Bonchev–Trinajstić information content (AvgIpc) is 2.57. The fourth-order valence-electron chi connectivity index (χ4n) is 3.88. The van der Waals surface area contributed by atoms with E-state index in [9.17, 15) is 4.79 Å². The molecule has 1 fully saturated rings. The number of aryl methyl sites for hydroxylation is 2. The second-order valence-electron chi connectivity index (χ2n) is 7.52. The zero-order valence-corrected chi connectivity index (χ0v) is 15.3. The number of aromatic nitrogens is 1. The van der Waals surface area contributed by atoms with Gasteiger partial charge >= 0.3 is 0 Å². The van der Waals surface area contributed by atoms with E-state index < -0.39 is 0 Å².